The van der Waals surface area contributed by atoms with Crippen molar-refractivity contribution in [3.63, 3.8) is 0 Å². The number of carbonyl (C=O) groups is 1. The average Bonchev–Trinajstić information content (AvgIpc) is 2.24. The largest absolute Gasteiger partial charge is 0.348 e. The molecule has 0 aliphatic rings. The highest BCUT2D eigenvalue weighted by Crippen LogP contribution is 2.20. The third-order valence-corrected chi connectivity index (χ3v) is 3.03. The molecule has 1 amide bonds. The van der Waals surface area contributed by atoms with Crippen molar-refractivity contribution in [3.8, 4) is 0 Å². The summed E-state index contributed by atoms with van der Waals surface area (Å²) in [6, 6.07) is 10.1. The minimum absolute atomic E-state index is 0.0254. The Morgan fingerprint density at radius 3 is 2.35 bits per heavy atom. The van der Waals surface area contributed by atoms with Gasteiger partial charge in [0.15, 0.2) is 0 Å². The molecule has 1 rings (SSSR count). The Kier molecular flexibility index (Phi) is 5.19. The van der Waals surface area contributed by atoms with E-state index in [2.05, 4.69) is 42.0 Å². The molecule has 1 aromatic carbocycles. The van der Waals surface area contributed by atoms with Gasteiger partial charge in [-0.15, -0.1) is 0 Å². The van der Waals surface area contributed by atoms with E-state index in [0.29, 0.717) is 6.42 Å². The van der Waals surface area contributed by atoms with E-state index in [1.54, 1.807) is 0 Å². The van der Waals surface area contributed by atoms with Gasteiger partial charge in [-0.25, -0.2) is 0 Å². The number of carbonyl (C=O) groups excluding carboxylic acids is 1. The van der Waals surface area contributed by atoms with Crippen molar-refractivity contribution in [2.24, 2.45) is 5.41 Å². The number of halogens is 1. The highest BCUT2D eigenvalue weighted by molar-refractivity contribution is 9.09. The normalized spacial score (nSPS) is 13.2. The van der Waals surface area contributed by atoms with Crippen LogP contribution in [0.4, 0.5) is 0 Å². The number of hydrogen-bond acceptors (Lipinski definition) is 1. The molecular formula is C14H20BrNO. The molecule has 94 valence electrons. The van der Waals surface area contributed by atoms with Crippen LogP contribution in [-0.2, 0) is 4.79 Å². The molecule has 1 unspecified atom stereocenters. The average molecular weight is 298 g/mol. The van der Waals surface area contributed by atoms with Gasteiger partial charge in [0, 0.05) is 11.8 Å². The minimum atomic E-state index is 0.0254. The number of alkyl halides is 1. The fraction of sp³-hybridized carbons (Fsp3) is 0.500. The zero-order valence-electron chi connectivity index (χ0n) is 10.7. The summed E-state index contributed by atoms with van der Waals surface area (Å²) in [5, 5.41) is 3.78. The zero-order chi connectivity index (χ0) is 12.9. The van der Waals surface area contributed by atoms with Gasteiger partial charge in [-0.2, -0.15) is 0 Å². The molecule has 0 aliphatic heterocycles. The molecule has 1 atom stereocenters. The fourth-order valence-corrected chi connectivity index (χ4v) is 2.16. The maximum atomic E-state index is 11.9. The van der Waals surface area contributed by atoms with Crippen LogP contribution in [-0.4, -0.2) is 11.2 Å². The molecule has 3 heteroatoms. The van der Waals surface area contributed by atoms with E-state index < -0.39 is 0 Å². The predicted molar refractivity (Wildman–Crippen MR) is 75.2 cm³/mol. The Labute approximate surface area is 112 Å². The van der Waals surface area contributed by atoms with Gasteiger partial charge >= 0.3 is 0 Å². The Morgan fingerprint density at radius 1 is 1.29 bits per heavy atom. The van der Waals surface area contributed by atoms with E-state index in [4.69, 9.17) is 0 Å². The SMILES string of the molecule is CC(C)(C)CC(=O)NC(CBr)c1ccccc1. The van der Waals surface area contributed by atoms with Gasteiger partial charge in [0.05, 0.1) is 6.04 Å². The number of nitrogens with one attached hydrogen (secondary N) is 1. The van der Waals surface area contributed by atoms with E-state index >= 15 is 0 Å². The molecule has 0 saturated heterocycles. The van der Waals surface area contributed by atoms with Crippen LogP contribution in [0.15, 0.2) is 30.3 Å². The number of benzene rings is 1. The van der Waals surface area contributed by atoms with Crippen LogP contribution in [0.25, 0.3) is 0 Å². The Bertz CT molecular complexity index is 356. The fourth-order valence-electron chi connectivity index (χ4n) is 1.62. The minimum Gasteiger partial charge on any atom is -0.348 e. The monoisotopic (exact) mass is 297 g/mol. The van der Waals surface area contributed by atoms with Crippen LogP contribution in [0.2, 0.25) is 0 Å². The summed E-state index contributed by atoms with van der Waals surface area (Å²) in [5.41, 5.74) is 1.16. The molecular weight excluding hydrogens is 278 g/mol. The van der Waals surface area contributed by atoms with Crippen molar-refractivity contribution in [2.45, 2.75) is 33.2 Å². The van der Waals surface area contributed by atoms with Crippen LogP contribution in [0.1, 0.15) is 38.8 Å². The highest BCUT2D eigenvalue weighted by atomic mass is 79.9. The molecule has 2 nitrogen and oxygen atoms in total. The summed E-state index contributed by atoms with van der Waals surface area (Å²) in [6.45, 7) is 6.20. The molecule has 0 bridgehead atoms. The van der Waals surface area contributed by atoms with E-state index in [9.17, 15) is 4.79 Å². The third-order valence-electron chi connectivity index (χ3n) is 2.38. The summed E-state index contributed by atoms with van der Waals surface area (Å²) < 4.78 is 0. The van der Waals surface area contributed by atoms with Crippen LogP contribution >= 0.6 is 15.9 Å². The van der Waals surface area contributed by atoms with Crippen molar-refractivity contribution in [1.82, 2.24) is 5.32 Å². The second kappa shape index (κ2) is 6.20. The van der Waals surface area contributed by atoms with Crippen molar-refractivity contribution in [2.75, 3.05) is 5.33 Å². The van der Waals surface area contributed by atoms with Gasteiger partial charge in [-0.3, -0.25) is 4.79 Å². The standard InChI is InChI=1S/C14H20BrNO/c1-14(2,3)9-13(17)16-12(10-15)11-7-5-4-6-8-11/h4-8,12H,9-10H2,1-3H3,(H,16,17). The Hall–Kier alpha value is -0.830. The first-order valence-corrected chi connectivity index (χ1v) is 6.95. The Morgan fingerprint density at radius 2 is 1.88 bits per heavy atom. The number of amides is 1. The van der Waals surface area contributed by atoms with Crippen LogP contribution in [0.5, 0.6) is 0 Å². The molecule has 0 fully saturated rings. The van der Waals surface area contributed by atoms with Crippen molar-refractivity contribution < 1.29 is 4.79 Å². The van der Waals surface area contributed by atoms with Gasteiger partial charge in [-0.05, 0) is 11.0 Å². The zero-order valence-corrected chi connectivity index (χ0v) is 12.3. The van der Waals surface area contributed by atoms with Crippen LogP contribution in [0.3, 0.4) is 0 Å². The first-order chi connectivity index (χ1) is 7.92. The van der Waals surface area contributed by atoms with Gasteiger partial charge in [0.2, 0.25) is 5.91 Å². The summed E-state index contributed by atoms with van der Waals surface area (Å²) in [7, 11) is 0. The molecule has 0 aliphatic carbocycles. The van der Waals surface area contributed by atoms with Crippen molar-refractivity contribution in [3.05, 3.63) is 35.9 Å². The Balaban J connectivity index is 2.62. The lowest BCUT2D eigenvalue weighted by atomic mass is 9.91. The van der Waals surface area contributed by atoms with Gasteiger partial charge in [0.25, 0.3) is 0 Å². The van der Waals surface area contributed by atoms with Gasteiger partial charge in [-0.1, -0.05) is 67.0 Å². The van der Waals surface area contributed by atoms with E-state index in [0.717, 1.165) is 10.9 Å². The lowest BCUT2D eigenvalue weighted by Crippen LogP contribution is -2.32. The summed E-state index contributed by atoms with van der Waals surface area (Å²) in [4.78, 5) is 11.9. The first kappa shape index (κ1) is 14.2. The summed E-state index contributed by atoms with van der Waals surface area (Å²) in [5.74, 6) is 0.103. The van der Waals surface area contributed by atoms with Crippen molar-refractivity contribution >= 4 is 21.8 Å². The maximum absolute atomic E-state index is 11.9. The molecule has 0 heterocycles. The molecule has 0 spiro atoms. The quantitative estimate of drug-likeness (QED) is 0.844. The molecule has 0 radical (unpaired) electrons. The van der Waals surface area contributed by atoms with Crippen molar-refractivity contribution in [1.29, 1.82) is 0 Å². The molecule has 1 N–H and O–H groups in total. The topological polar surface area (TPSA) is 29.1 Å². The van der Waals surface area contributed by atoms with E-state index in [1.165, 1.54) is 0 Å². The van der Waals surface area contributed by atoms with Crippen LogP contribution < -0.4 is 5.32 Å². The molecule has 1 aromatic rings. The van der Waals surface area contributed by atoms with Gasteiger partial charge in [0.1, 0.15) is 0 Å². The highest BCUT2D eigenvalue weighted by Gasteiger charge is 2.19. The summed E-state index contributed by atoms with van der Waals surface area (Å²) in [6.07, 6.45) is 0.545. The second-order valence-corrected chi connectivity index (χ2v) is 6.07. The second-order valence-electron chi connectivity index (χ2n) is 5.42. The molecule has 0 saturated carbocycles. The molecule has 0 aromatic heterocycles. The lowest BCUT2D eigenvalue weighted by Gasteiger charge is -2.21. The van der Waals surface area contributed by atoms with Gasteiger partial charge < -0.3 is 5.32 Å². The molecule has 17 heavy (non-hydrogen) atoms. The van der Waals surface area contributed by atoms with E-state index in [1.807, 2.05) is 30.3 Å². The maximum Gasteiger partial charge on any atom is 0.221 e. The third kappa shape index (κ3) is 5.35. The number of rotatable bonds is 4. The number of hydrogen-bond donors (Lipinski definition) is 1. The predicted octanol–water partition coefficient (Wildman–Crippen LogP) is 3.68. The smallest absolute Gasteiger partial charge is 0.221 e. The lowest BCUT2D eigenvalue weighted by molar-refractivity contribution is -0.123. The van der Waals surface area contributed by atoms with Crippen LogP contribution in [0, 0.1) is 5.41 Å². The summed E-state index contributed by atoms with van der Waals surface area (Å²) >= 11 is 3.45. The van der Waals surface area contributed by atoms with E-state index in [-0.39, 0.29) is 17.4 Å². The first-order valence-electron chi connectivity index (χ1n) is 5.82.